The van der Waals surface area contributed by atoms with Crippen LogP contribution in [-0.4, -0.2) is 37.8 Å². The third-order valence-electron chi connectivity index (χ3n) is 5.69. The van der Waals surface area contributed by atoms with Crippen molar-refractivity contribution in [1.82, 2.24) is 4.98 Å². The number of benzene rings is 2. The first kappa shape index (κ1) is 26.7. The first-order valence-electron chi connectivity index (χ1n) is 11.9. The van der Waals surface area contributed by atoms with Gasteiger partial charge >= 0.3 is 5.97 Å². The molecule has 2 aromatic carbocycles. The van der Waals surface area contributed by atoms with Crippen LogP contribution < -0.4 is 15.4 Å². The van der Waals surface area contributed by atoms with Crippen molar-refractivity contribution in [2.75, 3.05) is 31.4 Å². The van der Waals surface area contributed by atoms with Gasteiger partial charge in [0.1, 0.15) is 17.4 Å². The molecule has 0 aliphatic rings. The molecule has 3 rings (SSSR count). The molecule has 0 radical (unpaired) electrons. The van der Waals surface area contributed by atoms with E-state index < -0.39 is 11.8 Å². The summed E-state index contributed by atoms with van der Waals surface area (Å²) in [6.07, 6.45) is 3.73. The lowest BCUT2D eigenvalue weighted by atomic mass is 9.90. The van der Waals surface area contributed by atoms with E-state index in [2.05, 4.69) is 15.6 Å². The fourth-order valence-corrected chi connectivity index (χ4v) is 4.05. The van der Waals surface area contributed by atoms with E-state index >= 15 is 4.39 Å². The molecule has 0 spiro atoms. The number of aromatic nitrogens is 1. The van der Waals surface area contributed by atoms with E-state index in [0.29, 0.717) is 45.8 Å². The lowest BCUT2D eigenvalue weighted by Crippen LogP contribution is -2.11. The van der Waals surface area contributed by atoms with Gasteiger partial charge in [0, 0.05) is 52.3 Å². The molecule has 0 unspecified atom stereocenters. The summed E-state index contributed by atoms with van der Waals surface area (Å²) in [4.78, 5) is 17.3. The zero-order chi connectivity index (χ0) is 26.4. The van der Waals surface area contributed by atoms with Crippen LogP contribution in [0.1, 0.15) is 43.6 Å². The first-order chi connectivity index (χ1) is 17.2. The molecule has 7 heteroatoms. The topological polar surface area (TPSA) is 72.5 Å². The second-order valence-corrected chi connectivity index (χ2v) is 9.08. The number of methoxy groups -OCH3 is 2. The molecule has 0 atom stereocenters. The van der Waals surface area contributed by atoms with E-state index in [0.717, 1.165) is 11.4 Å². The number of allylic oxidation sites excluding steroid dienone is 1. The number of hydrogen-bond acceptors (Lipinski definition) is 6. The molecule has 190 valence electrons. The van der Waals surface area contributed by atoms with Gasteiger partial charge in [0.2, 0.25) is 0 Å². The molecule has 0 saturated heterocycles. The van der Waals surface area contributed by atoms with Gasteiger partial charge in [-0.25, -0.2) is 14.2 Å². The predicted octanol–water partition coefficient (Wildman–Crippen LogP) is 6.86. The molecule has 0 aliphatic carbocycles. The summed E-state index contributed by atoms with van der Waals surface area (Å²) in [5.41, 5.74) is 4.99. The predicted molar refractivity (Wildman–Crippen MR) is 144 cm³/mol. The number of pyridine rings is 1. The Morgan fingerprint density at radius 2 is 1.86 bits per heavy atom. The third kappa shape index (κ3) is 6.03. The van der Waals surface area contributed by atoms with Crippen molar-refractivity contribution >= 4 is 17.5 Å². The number of carbonyl (C=O) groups excluding carboxylic acids is 1. The standard InChI is InChI=1S/C29H34FN3O3/c1-17(2)12-13-31-21-9-10-22(25(30)14-21)23-15-24(29(34)36-7)27(19(5)28(23)35-6)20-8-11-26(32-16-20)33-18(3)4/h8-12,14-16,18,31H,13H2,1-7H3,(H,32,33). The molecule has 3 aromatic rings. The maximum atomic E-state index is 15.3. The Kier molecular flexibility index (Phi) is 8.69. The number of nitrogens with zero attached hydrogens (tertiary/aromatic N) is 1. The van der Waals surface area contributed by atoms with Gasteiger partial charge in [-0.05, 0) is 71.0 Å². The van der Waals surface area contributed by atoms with Crippen molar-refractivity contribution in [2.45, 2.75) is 40.7 Å². The summed E-state index contributed by atoms with van der Waals surface area (Å²) in [6.45, 7) is 10.5. The van der Waals surface area contributed by atoms with Crippen LogP contribution in [0.5, 0.6) is 5.75 Å². The Bertz CT molecular complexity index is 1260. The molecule has 0 fully saturated rings. The average Bonchev–Trinajstić information content (AvgIpc) is 2.83. The number of nitrogens with one attached hydrogen (secondary N) is 2. The van der Waals surface area contributed by atoms with Crippen LogP contribution in [0.2, 0.25) is 0 Å². The van der Waals surface area contributed by atoms with Crippen molar-refractivity contribution in [2.24, 2.45) is 0 Å². The molecular formula is C29H34FN3O3. The minimum absolute atomic E-state index is 0.235. The van der Waals surface area contributed by atoms with Crippen LogP contribution in [0, 0.1) is 12.7 Å². The van der Waals surface area contributed by atoms with Crippen LogP contribution in [-0.2, 0) is 4.74 Å². The molecule has 36 heavy (non-hydrogen) atoms. The highest BCUT2D eigenvalue weighted by Gasteiger charge is 2.24. The number of rotatable bonds is 9. The van der Waals surface area contributed by atoms with Crippen molar-refractivity contribution in [3.05, 3.63) is 71.2 Å². The van der Waals surface area contributed by atoms with Crippen molar-refractivity contribution < 1.29 is 18.7 Å². The second-order valence-electron chi connectivity index (χ2n) is 9.08. The van der Waals surface area contributed by atoms with Crippen LogP contribution >= 0.6 is 0 Å². The van der Waals surface area contributed by atoms with E-state index in [1.54, 1.807) is 18.3 Å². The fourth-order valence-electron chi connectivity index (χ4n) is 4.05. The minimum Gasteiger partial charge on any atom is -0.496 e. The molecule has 1 aromatic heterocycles. The molecule has 0 amide bonds. The zero-order valence-electron chi connectivity index (χ0n) is 22.0. The SMILES string of the molecule is COC(=O)c1cc(-c2ccc(NCC=C(C)C)cc2F)c(OC)c(C)c1-c1ccc(NC(C)C)nc1. The van der Waals surface area contributed by atoms with Crippen molar-refractivity contribution in [3.63, 3.8) is 0 Å². The normalized spacial score (nSPS) is 10.7. The summed E-state index contributed by atoms with van der Waals surface area (Å²) >= 11 is 0. The Labute approximate surface area is 212 Å². The highest BCUT2D eigenvalue weighted by Crippen LogP contribution is 2.42. The van der Waals surface area contributed by atoms with Crippen LogP contribution in [0.15, 0.2) is 54.2 Å². The Morgan fingerprint density at radius 3 is 2.42 bits per heavy atom. The summed E-state index contributed by atoms with van der Waals surface area (Å²) in [5, 5.41) is 6.44. The van der Waals surface area contributed by atoms with Crippen LogP contribution in [0.3, 0.4) is 0 Å². The highest BCUT2D eigenvalue weighted by atomic mass is 19.1. The maximum absolute atomic E-state index is 15.3. The molecule has 0 bridgehead atoms. The Hall–Kier alpha value is -3.87. The fraction of sp³-hybridized carbons (Fsp3) is 0.310. The number of esters is 1. The largest absolute Gasteiger partial charge is 0.496 e. The summed E-state index contributed by atoms with van der Waals surface area (Å²) in [5.74, 6) is 0.257. The average molecular weight is 492 g/mol. The van der Waals surface area contributed by atoms with E-state index in [1.165, 1.54) is 25.9 Å². The van der Waals surface area contributed by atoms with Crippen molar-refractivity contribution in [1.29, 1.82) is 0 Å². The van der Waals surface area contributed by atoms with Gasteiger partial charge in [-0.1, -0.05) is 11.6 Å². The van der Waals surface area contributed by atoms with E-state index in [9.17, 15) is 4.79 Å². The van der Waals surface area contributed by atoms with Gasteiger partial charge in [0.05, 0.1) is 19.8 Å². The number of ether oxygens (including phenoxy) is 2. The number of anilines is 2. The third-order valence-corrected chi connectivity index (χ3v) is 5.69. The quantitative estimate of drug-likeness (QED) is 0.252. The second kappa shape index (κ2) is 11.7. The lowest BCUT2D eigenvalue weighted by molar-refractivity contribution is 0.0601. The van der Waals surface area contributed by atoms with Gasteiger partial charge < -0.3 is 20.1 Å². The first-order valence-corrected chi connectivity index (χ1v) is 11.9. The Morgan fingerprint density at radius 1 is 1.11 bits per heavy atom. The van der Waals surface area contributed by atoms with Crippen molar-refractivity contribution in [3.8, 4) is 28.0 Å². The Balaban J connectivity index is 2.13. The maximum Gasteiger partial charge on any atom is 0.338 e. The molecule has 0 saturated carbocycles. The highest BCUT2D eigenvalue weighted by molar-refractivity contribution is 6.01. The summed E-state index contributed by atoms with van der Waals surface area (Å²) in [7, 11) is 2.86. The van der Waals surface area contributed by atoms with E-state index in [1.807, 2.05) is 58.9 Å². The van der Waals surface area contributed by atoms with Gasteiger partial charge in [-0.2, -0.15) is 0 Å². The monoisotopic (exact) mass is 491 g/mol. The van der Waals surface area contributed by atoms with Crippen LogP contribution in [0.4, 0.5) is 15.9 Å². The molecular weight excluding hydrogens is 457 g/mol. The lowest BCUT2D eigenvalue weighted by Gasteiger charge is -2.20. The van der Waals surface area contributed by atoms with Gasteiger partial charge in [-0.3, -0.25) is 0 Å². The smallest absolute Gasteiger partial charge is 0.338 e. The van der Waals surface area contributed by atoms with E-state index in [-0.39, 0.29) is 6.04 Å². The molecule has 6 nitrogen and oxygen atoms in total. The van der Waals surface area contributed by atoms with Gasteiger partial charge in [0.15, 0.2) is 0 Å². The zero-order valence-corrected chi connectivity index (χ0v) is 22.0. The van der Waals surface area contributed by atoms with Crippen LogP contribution in [0.25, 0.3) is 22.3 Å². The van der Waals surface area contributed by atoms with Gasteiger partial charge in [0.25, 0.3) is 0 Å². The molecule has 1 heterocycles. The van der Waals surface area contributed by atoms with Gasteiger partial charge in [-0.15, -0.1) is 0 Å². The number of hydrogen-bond donors (Lipinski definition) is 2. The minimum atomic E-state index is -0.526. The summed E-state index contributed by atoms with van der Waals surface area (Å²) < 4.78 is 26.1. The molecule has 2 N–H and O–H groups in total. The number of halogens is 1. The van der Waals surface area contributed by atoms with E-state index in [4.69, 9.17) is 9.47 Å². The molecule has 0 aliphatic heterocycles. The number of carbonyl (C=O) groups is 1. The summed E-state index contributed by atoms with van der Waals surface area (Å²) in [6, 6.07) is 10.5.